The van der Waals surface area contributed by atoms with Crippen molar-refractivity contribution in [2.24, 2.45) is 5.92 Å². The average Bonchev–Trinajstić information content (AvgIpc) is 3.15. The van der Waals surface area contributed by atoms with Crippen LogP contribution in [-0.2, 0) is 15.9 Å². The SMILES string of the molecule is FC(F)(F)[C@H]1CC[C@H](c2nnc3n2-c2ccccc2CC2(OCCCO2)C3Cl)CC1. The van der Waals surface area contributed by atoms with Gasteiger partial charge in [-0.05, 0) is 43.7 Å². The van der Waals surface area contributed by atoms with E-state index in [9.17, 15) is 13.2 Å². The lowest BCUT2D eigenvalue weighted by Crippen LogP contribution is -2.46. The van der Waals surface area contributed by atoms with Crippen molar-refractivity contribution in [2.75, 3.05) is 13.2 Å². The summed E-state index contributed by atoms with van der Waals surface area (Å²) in [7, 11) is 0. The van der Waals surface area contributed by atoms with Crippen molar-refractivity contribution in [3.63, 3.8) is 0 Å². The number of hydrogen-bond acceptors (Lipinski definition) is 4. The van der Waals surface area contributed by atoms with Crippen molar-refractivity contribution in [1.82, 2.24) is 14.8 Å². The summed E-state index contributed by atoms with van der Waals surface area (Å²) in [5.74, 6) is -1.15. The highest BCUT2D eigenvalue weighted by molar-refractivity contribution is 6.21. The van der Waals surface area contributed by atoms with Gasteiger partial charge in [0.05, 0.1) is 24.8 Å². The van der Waals surface area contributed by atoms with E-state index in [1.54, 1.807) is 0 Å². The van der Waals surface area contributed by atoms with E-state index < -0.39 is 23.3 Å². The second kappa shape index (κ2) is 7.50. The fourth-order valence-electron chi connectivity index (χ4n) is 4.93. The third-order valence-corrected chi connectivity index (χ3v) is 7.06. The van der Waals surface area contributed by atoms with Crippen LogP contribution in [0.5, 0.6) is 0 Å². The summed E-state index contributed by atoms with van der Waals surface area (Å²) in [6.45, 7) is 1.10. The molecule has 162 valence electrons. The van der Waals surface area contributed by atoms with Crippen molar-refractivity contribution in [1.29, 1.82) is 0 Å². The predicted molar refractivity (Wildman–Crippen MR) is 104 cm³/mol. The third kappa shape index (κ3) is 3.33. The van der Waals surface area contributed by atoms with E-state index in [-0.39, 0.29) is 18.8 Å². The van der Waals surface area contributed by atoms with Gasteiger partial charge in [0, 0.05) is 12.3 Å². The standard InChI is InChI=1S/C21H23ClF3N3O2/c22-17-19-27-26-18(13-6-8-15(9-7-13)21(23,24)25)28(19)16-5-2-1-4-14(16)12-20(17)29-10-3-11-30-20/h1-2,4-5,13,15,17H,3,6-12H2/t13-,15-,17?. The zero-order valence-corrected chi connectivity index (χ0v) is 17.1. The van der Waals surface area contributed by atoms with Crippen molar-refractivity contribution in [3.8, 4) is 5.69 Å². The van der Waals surface area contributed by atoms with E-state index in [4.69, 9.17) is 21.1 Å². The molecule has 3 aliphatic rings. The lowest BCUT2D eigenvalue weighted by molar-refractivity contribution is -0.268. The summed E-state index contributed by atoms with van der Waals surface area (Å²) >= 11 is 6.89. The average molecular weight is 442 g/mol. The highest BCUT2D eigenvalue weighted by atomic mass is 35.5. The second-order valence-electron chi connectivity index (χ2n) is 8.37. The number of hydrogen-bond donors (Lipinski definition) is 0. The van der Waals surface area contributed by atoms with Gasteiger partial charge in [-0.15, -0.1) is 21.8 Å². The van der Waals surface area contributed by atoms with Crippen LogP contribution in [0.25, 0.3) is 5.69 Å². The molecule has 5 nitrogen and oxygen atoms in total. The van der Waals surface area contributed by atoms with Crippen molar-refractivity contribution in [3.05, 3.63) is 41.5 Å². The lowest BCUT2D eigenvalue weighted by Gasteiger charge is -2.38. The maximum atomic E-state index is 13.1. The van der Waals surface area contributed by atoms with E-state index in [2.05, 4.69) is 10.2 Å². The smallest absolute Gasteiger partial charge is 0.348 e. The fourth-order valence-corrected chi connectivity index (χ4v) is 5.28. The zero-order valence-electron chi connectivity index (χ0n) is 16.4. The normalized spacial score (nSPS) is 28.6. The highest BCUT2D eigenvalue weighted by Crippen LogP contribution is 2.47. The van der Waals surface area contributed by atoms with E-state index in [1.807, 2.05) is 28.8 Å². The summed E-state index contributed by atoms with van der Waals surface area (Å²) in [5.41, 5.74) is 1.89. The van der Waals surface area contributed by atoms with E-state index in [1.165, 1.54) is 0 Å². The Kier molecular flexibility index (Phi) is 5.07. The Balaban J connectivity index is 1.54. The first kappa shape index (κ1) is 20.3. The van der Waals surface area contributed by atoms with Gasteiger partial charge in [-0.1, -0.05) is 18.2 Å². The number of ether oxygens (including phenoxy) is 2. The summed E-state index contributed by atoms with van der Waals surface area (Å²) in [4.78, 5) is 0. The van der Waals surface area contributed by atoms with Crippen molar-refractivity contribution < 1.29 is 22.6 Å². The molecule has 30 heavy (non-hydrogen) atoms. The molecule has 1 unspecified atom stereocenters. The molecular formula is C21H23ClF3N3O2. The van der Waals surface area contributed by atoms with E-state index in [0.29, 0.717) is 44.1 Å². The van der Waals surface area contributed by atoms with Gasteiger partial charge in [0.2, 0.25) is 0 Å². The minimum atomic E-state index is -4.14. The van der Waals surface area contributed by atoms with Crippen LogP contribution in [0.3, 0.4) is 0 Å². The van der Waals surface area contributed by atoms with Gasteiger partial charge in [0.15, 0.2) is 11.6 Å². The van der Waals surface area contributed by atoms with Crippen LogP contribution >= 0.6 is 11.6 Å². The second-order valence-corrected chi connectivity index (χ2v) is 8.81. The number of alkyl halides is 4. The third-order valence-electron chi connectivity index (χ3n) is 6.53. The lowest BCUT2D eigenvalue weighted by atomic mass is 9.81. The molecule has 1 saturated heterocycles. The number of benzene rings is 1. The van der Waals surface area contributed by atoms with Crippen LogP contribution in [0.2, 0.25) is 0 Å². The van der Waals surface area contributed by atoms with E-state index >= 15 is 0 Å². The molecule has 0 N–H and O–H groups in total. The summed E-state index contributed by atoms with van der Waals surface area (Å²) in [5, 5.41) is 8.12. The molecule has 5 rings (SSSR count). The molecule has 9 heteroatoms. The van der Waals surface area contributed by atoms with Crippen LogP contribution in [-0.4, -0.2) is 39.9 Å². The molecule has 1 spiro atoms. The topological polar surface area (TPSA) is 49.2 Å². The first-order chi connectivity index (χ1) is 14.4. The van der Waals surface area contributed by atoms with Gasteiger partial charge in [0.1, 0.15) is 11.2 Å². The quantitative estimate of drug-likeness (QED) is 0.579. The summed E-state index contributed by atoms with van der Waals surface area (Å²) in [6, 6.07) is 7.85. The first-order valence-corrected chi connectivity index (χ1v) is 10.8. The maximum Gasteiger partial charge on any atom is 0.391 e. The molecule has 3 heterocycles. The molecule has 2 aromatic rings. The Morgan fingerprint density at radius 2 is 1.67 bits per heavy atom. The maximum absolute atomic E-state index is 13.1. The van der Waals surface area contributed by atoms with Crippen molar-refractivity contribution >= 4 is 11.6 Å². The Morgan fingerprint density at radius 3 is 2.37 bits per heavy atom. The minimum absolute atomic E-state index is 0.0935. The molecule has 1 aliphatic carbocycles. The van der Waals surface area contributed by atoms with Crippen LogP contribution in [0.1, 0.15) is 60.6 Å². The van der Waals surface area contributed by atoms with Crippen LogP contribution in [0.4, 0.5) is 13.2 Å². The Bertz CT molecular complexity index is 918. The molecular weight excluding hydrogens is 419 g/mol. The van der Waals surface area contributed by atoms with Gasteiger partial charge >= 0.3 is 6.18 Å². The van der Waals surface area contributed by atoms with Gasteiger partial charge in [0.25, 0.3) is 0 Å². The number of aromatic nitrogens is 3. The monoisotopic (exact) mass is 441 g/mol. The molecule has 0 radical (unpaired) electrons. The number of nitrogens with zero attached hydrogens (tertiary/aromatic N) is 3. The summed E-state index contributed by atoms with van der Waals surface area (Å²) < 4.78 is 53.4. The van der Waals surface area contributed by atoms with Gasteiger partial charge in [-0.3, -0.25) is 4.57 Å². The minimum Gasteiger partial charge on any atom is -0.348 e. The van der Waals surface area contributed by atoms with Gasteiger partial charge in [-0.2, -0.15) is 13.2 Å². The molecule has 1 aromatic carbocycles. The Hall–Kier alpha value is -1.64. The van der Waals surface area contributed by atoms with Gasteiger partial charge < -0.3 is 9.47 Å². The van der Waals surface area contributed by atoms with Crippen molar-refractivity contribution in [2.45, 2.75) is 61.8 Å². The molecule has 2 fully saturated rings. The number of para-hydroxylation sites is 1. The first-order valence-electron chi connectivity index (χ1n) is 10.4. The Morgan fingerprint density at radius 1 is 1.00 bits per heavy atom. The van der Waals surface area contributed by atoms with Crippen LogP contribution < -0.4 is 0 Å². The van der Waals surface area contributed by atoms with E-state index in [0.717, 1.165) is 17.7 Å². The number of fused-ring (bicyclic) bond motifs is 3. The zero-order chi connectivity index (χ0) is 20.9. The molecule has 1 aromatic heterocycles. The molecule has 0 amide bonds. The highest BCUT2D eigenvalue weighted by Gasteiger charge is 2.49. The molecule has 0 bridgehead atoms. The number of halogens is 4. The fraction of sp³-hybridized carbons (Fsp3) is 0.619. The molecule has 2 aliphatic heterocycles. The summed E-state index contributed by atoms with van der Waals surface area (Å²) in [6.07, 6.45) is -1.79. The Labute approximate surface area is 177 Å². The predicted octanol–water partition coefficient (Wildman–Crippen LogP) is 5.07. The largest absolute Gasteiger partial charge is 0.391 e. The molecule has 1 atom stereocenters. The van der Waals surface area contributed by atoms with Crippen LogP contribution in [0, 0.1) is 5.92 Å². The molecule has 1 saturated carbocycles. The van der Waals surface area contributed by atoms with Gasteiger partial charge in [-0.25, -0.2) is 0 Å². The van der Waals surface area contributed by atoms with Crippen LogP contribution in [0.15, 0.2) is 24.3 Å². The number of rotatable bonds is 1.